The molecule has 3 rings (SSSR count). The third kappa shape index (κ3) is 4.84. The lowest BCUT2D eigenvalue weighted by Gasteiger charge is -2.29. The highest BCUT2D eigenvalue weighted by Crippen LogP contribution is 2.21. The van der Waals surface area contributed by atoms with E-state index in [2.05, 4.69) is 10.6 Å². The number of ether oxygens (including phenoxy) is 1. The molecule has 0 spiro atoms. The number of hydrogen-bond acceptors (Lipinski definition) is 4. The predicted octanol–water partition coefficient (Wildman–Crippen LogP) is 2.25. The number of carbonyl (C=O) groups is 2. The Kier molecular flexibility index (Phi) is 7.86. The number of hydrogen-bond donors (Lipinski definition) is 2. The number of benzene rings is 1. The monoisotopic (exact) mass is 408 g/mol. The number of nitrogens with one attached hydrogen (secondary N) is 2. The van der Waals surface area contributed by atoms with Crippen molar-refractivity contribution >= 4 is 40.8 Å². The van der Waals surface area contributed by atoms with Gasteiger partial charge in [-0.1, -0.05) is 0 Å². The molecule has 1 aromatic heterocycles. The number of nitrogens with zero attached hydrogens (tertiary/aromatic N) is 2. The second-order valence-electron chi connectivity index (χ2n) is 6.78. The highest BCUT2D eigenvalue weighted by molar-refractivity contribution is 5.97. The number of anilines is 1. The Balaban J connectivity index is 0.00000280. The Hall–Kier alpha value is -2.09. The van der Waals surface area contributed by atoms with Crippen molar-refractivity contribution in [2.24, 2.45) is 0 Å². The lowest BCUT2D eigenvalue weighted by Crippen LogP contribution is -2.53. The number of amides is 2. The van der Waals surface area contributed by atoms with Crippen LogP contribution < -0.4 is 10.6 Å². The predicted molar refractivity (Wildman–Crippen MR) is 113 cm³/mol. The summed E-state index contributed by atoms with van der Waals surface area (Å²) in [6.07, 6.45) is 1.76. The van der Waals surface area contributed by atoms with E-state index in [-0.39, 0.29) is 36.4 Å². The van der Waals surface area contributed by atoms with Gasteiger partial charge in [-0.05, 0) is 45.0 Å². The Labute approximate surface area is 171 Å². The summed E-state index contributed by atoms with van der Waals surface area (Å²) < 4.78 is 7.48. The normalized spacial score (nSPS) is 19.1. The number of halogens is 1. The molecule has 1 aliphatic heterocycles. The number of morpholine rings is 1. The first-order valence-electron chi connectivity index (χ1n) is 9.56. The van der Waals surface area contributed by atoms with Crippen molar-refractivity contribution in [2.45, 2.75) is 39.5 Å². The highest BCUT2D eigenvalue weighted by atomic mass is 35.5. The van der Waals surface area contributed by atoms with Gasteiger partial charge in [0.05, 0.1) is 12.7 Å². The van der Waals surface area contributed by atoms with Gasteiger partial charge in [0.25, 0.3) is 0 Å². The van der Waals surface area contributed by atoms with Gasteiger partial charge in [-0.3, -0.25) is 9.59 Å². The summed E-state index contributed by atoms with van der Waals surface area (Å²) in [5, 5.41) is 7.13. The standard InChI is InChI=1S/C20H28N4O3.ClH/c1-4-23(5-2)18(25)13-24-10-8-15-12-16(6-7-17(15)24)22-20(26)19-14(3)27-11-9-21-19;/h6-8,10,12,14,19,21H,4-5,9,11,13H2,1-3H3,(H,22,26);1H/t14-,19+;/m1./s1. The van der Waals surface area contributed by atoms with Crippen LogP contribution in [0.4, 0.5) is 5.69 Å². The molecule has 1 fully saturated rings. The quantitative estimate of drug-likeness (QED) is 0.768. The zero-order chi connectivity index (χ0) is 19.4. The minimum absolute atomic E-state index is 0. The largest absolute Gasteiger partial charge is 0.375 e. The Bertz CT molecular complexity index is 819. The second-order valence-corrected chi connectivity index (χ2v) is 6.78. The SMILES string of the molecule is CCN(CC)C(=O)Cn1ccc2cc(NC(=O)[C@H]3NCCO[C@@H]3C)ccc21.Cl. The van der Waals surface area contributed by atoms with Gasteiger partial charge in [-0.15, -0.1) is 12.4 Å². The molecule has 2 amide bonds. The molecule has 2 N–H and O–H groups in total. The van der Waals surface area contributed by atoms with E-state index >= 15 is 0 Å². The van der Waals surface area contributed by atoms with E-state index in [1.165, 1.54) is 0 Å². The van der Waals surface area contributed by atoms with Crippen LogP contribution in [0.15, 0.2) is 30.5 Å². The number of fused-ring (bicyclic) bond motifs is 1. The Morgan fingerprint density at radius 3 is 2.71 bits per heavy atom. The molecule has 154 valence electrons. The minimum atomic E-state index is -0.356. The Morgan fingerprint density at radius 1 is 1.29 bits per heavy atom. The van der Waals surface area contributed by atoms with Gasteiger partial charge in [-0.25, -0.2) is 0 Å². The smallest absolute Gasteiger partial charge is 0.244 e. The second kappa shape index (κ2) is 9.91. The summed E-state index contributed by atoms with van der Waals surface area (Å²) >= 11 is 0. The first kappa shape index (κ1) is 22.2. The molecular weight excluding hydrogens is 380 g/mol. The van der Waals surface area contributed by atoms with Gasteiger partial charge in [0.2, 0.25) is 11.8 Å². The van der Waals surface area contributed by atoms with E-state index in [1.807, 2.05) is 60.7 Å². The van der Waals surface area contributed by atoms with E-state index < -0.39 is 0 Å². The van der Waals surface area contributed by atoms with Gasteiger partial charge in [-0.2, -0.15) is 0 Å². The summed E-state index contributed by atoms with van der Waals surface area (Å²) in [5.74, 6) is 0.00457. The molecule has 7 nitrogen and oxygen atoms in total. The van der Waals surface area contributed by atoms with Crippen molar-refractivity contribution in [1.82, 2.24) is 14.8 Å². The van der Waals surface area contributed by atoms with Crippen LogP contribution in [-0.2, 0) is 20.9 Å². The summed E-state index contributed by atoms with van der Waals surface area (Å²) in [6.45, 7) is 8.89. The third-order valence-electron chi connectivity index (χ3n) is 5.06. The lowest BCUT2D eigenvalue weighted by molar-refractivity contribution is -0.131. The molecule has 0 aliphatic carbocycles. The summed E-state index contributed by atoms with van der Waals surface area (Å²) in [7, 11) is 0. The van der Waals surface area contributed by atoms with Gasteiger partial charge >= 0.3 is 0 Å². The van der Waals surface area contributed by atoms with Gasteiger partial charge in [0, 0.05) is 42.4 Å². The minimum Gasteiger partial charge on any atom is -0.375 e. The molecule has 2 atom stereocenters. The topological polar surface area (TPSA) is 75.6 Å². The molecule has 0 saturated carbocycles. The van der Waals surface area contributed by atoms with E-state index in [0.29, 0.717) is 32.8 Å². The van der Waals surface area contributed by atoms with Crippen LogP contribution in [0, 0.1) is 0 Å². The highest BCUT2D eigenvalue weighted by Gasteiger charge is 2.28. The molecule has 28 heavy (non-hydrogen) atoms. The molecule has 8 heteroatoms. The molecule has 1 aliphatic rings. The number of likely N-dealkylation sites (N-methyl/N-ethyl adjacent to an activating group) is 1. The van der Waals surface area contributed by atoms with Crippen LogP contribution in [-0.4, -0.2) is 59.7 Å². The molecule has 1 aromatic carbocycles. The summed E-state index contributed by atoms with van der Waals surface area (Å²) in [5.41, 5.74) is 1.71. The van der Waals surface area contributed by atoms with Gasteiger partial charge in [0.1, 0.15) is 12.6 Å². The van der Waals surface area contributed by atoms with E-state index in [4.69, 9.17) is 4.74 Å². The van der Waals surface area contributed by atoms with Crippen LogP contribution >= 0.6 is 12.4 Å². The van der Waals surface area contributed by atoms with Crippen molar-refractivity contribution in [3.8, 4) is 0 Å². The molecule has 0 unspecified atom stereocenters. The summed E-state index contributed by atoms with van der Waals surface area (Å²) in [4.78, 5) is 26.7. The van der Waals surface area contributed by atoms with Crippen molar-refractivity contribution in [3.63, 3.8) is 0 Å². The summed E-state index contributed by atoms with van der Waals surface area (Å²) in [6, 6.07) is 7.35. The maximum absolute atomic E-state index is 12.5. The first-order chi connectivity index (χ1) is 13.0. The molecular formula is C20H29ClN4O3. The number of carbonyl (C=O) groups excluding carboxylic acids is 2. The van der Waals surface area contributed by atoms with Crippen LogP contribution in [0.3, 0.4) is 0 Å². The van der Waals surface area contributed by atoms with E-state index in [1.54, 1.807) is 0 Å². The van der Waals surface area contributed by atoms with Crippen molar-refractivity contribution < 1.29 is 14.3 Å². The average molecular weight is 409 g/mol. The van der Waals surface area contributed by atoms with Crippen LogP contribution in [0.25, 0.3) is 10.9 Å². The van der Waals surface area contributed by atoms with Gasteiger partial charge in [0.15, 0.2) is 0 Å². The molecule has 2 aromatic rings. The molecule has 2 heterocycles. The average Bonchev–Trinajstić information content (AvgIpc) is 3.05. The van der Waals surface area contributed by atoms with Crippen LogP contribution in [0.2, 0.25) is 0 Å². The van der Waals surface area contributed by atoms with Crippen LogP contribution in [0.5, 0.6) is 0 Å². The van der Waals surface area contributed by atoms with Crippen molar-refractivity contribution in [1.29, 1.82) is 0 Å². The fourth-order valence-electron chi connectivity index (χ4n) is 3.49. The Morgan fingerprint density at radius 2 is 2.04 bits per heavy atom. The molecule has 1 saturated heterocycles. The molecule has 0 bridgehead atoms. The lowest BCUT2D eigenvalue weighted by atomic mass is 10.1. The van der Waals surface area contributed by atoms with Crippen LogP contribution in [0.1, 0.15) is 20.8 Å². The van der Waals surface area contributed by atoms with Crippen molar-refractivity contribution in [2.75, 3.05) is 31.6 Å². The maximum atomic E-state index is 12.5. The zero-order valence-corrected chi connectivity index (χ0v) is 17.4. The molecule has 0 radical (unpaired) electrons. The first-order valence-corrected chi connectivity index (χ1v) is 9.56. The number of rotatable bonds is 6. The van der Waals surface area contributed by atoms with Crippen molar-refractivity contribution in [3.05, 3.63) is 30.5 Å². The maximum Gasteiger partial charge on any atom is 0.244 e. The fourth-order valence-corrected chi connectivity index (χ4v) is 3.49. The third-order valence-corrected chi connectivity index (χ3v) is 5.06. The zero-order valence-electron chi connectivity index (χ0n) is 16.6. The number of aromatic nitrogens is 1. The van der Waals surface area contributed by atoms with E-state index in [0.717, 1.165) is 16.6 Å². The van der Waals surface area contributed by atoms with Gasteiger partial charge < -0.3 is 24.8 Å². The fraction of sp³-hybridized carbons (Fsp3) is 0.500. The van der Waals surface area contributed by atoms with E-state index in [9.17, 15) is 9.59 Å².